The van der Waals surface area contributed by atoms with Crippen LogP contribution >= 0.6 is 0 Å². The quantitative estimate of drug-likeness (QED) is 0.620. The normalized spacial score (nSPS) is 20.2. The molecule has 0 radical (unpaired) electrons. The van der Waals surface area contributed by atoms with Crippen LogP contribution in [0.25, 0.3) is 22.1 Å². The second-order valence-electron chi connectivity index (χ2n) is 7.92. The van der Waals surface area contributed by atoms with Gasteiger partial charge < -0.3 is 4.74 Å². The maximum absolute atomic E-state index is 12.8. The first-order valence-corrected chi connectivity index (χ1v) is 8.49. The van der Waals surface area contributed by atoms with Crippen LogP contribution in [-0.2, 0) is 14.9 Å². The van der Waals surface area contributed by atoms with Gasteiger partial charge in [0.05, 0.1) is 0 Å². The fourth-order valence-corrected chi connectivity index (χ4v) is 3.71. The lowest BCUT2D eigenvalue weighted by Crippen LogP contribution is -2.14. The number of carbonyl (C=O) groups is 1. The maximum atomic E-state index is 12.8. The van der Waals surface area contributed by atoms with E-state index in [1.807, 2.05) is 6.92 Å². The molecule has 2 heteroatoms. The molecule has 1 atom stereocenters. The van der Waals surface area contributed by atoms with Gasteiger partial charge in [0.25, 0.3) is 0 Å². The van der Waals surface area contributed by atoms with Crippen molar-refractivity contribution in [2.24, 2.45) is 0 Å². The Morgan fingerprint density at radius 1 is 1.17 bits per heavy atom. The van der Waals surface area contributed by atoms with Crippen molar-refractivity contribution in [3.05, 3.63) is 59.2 Å². The summed E-state index contributed by atoms with van der Waals surface area (Å²) >= 11 is 0. The third kappa shape index (κ3) is 2.06. The molecule has 0 amide bonds. The van der Waals surface area contributed by atoms with Gasteiger partial charge in [-0.25, -0.2) is 0 Å². The Balaban J connectivity index is 2.04. The molecule has 122 valence electrons. The fraction of sp³-hybridized carbons (Fsp3) is 0.318. The lowest BCUT2D eigenvalue weighted by Gasteiger charge is -2.23. The van der Waals surface area contributed by atoms with Crippen molar-refractivity contribution in [1.29, 1.82) is 0 Å². The van der Waals surface area contributed by atoms with Crippen LogP contribution in [0.4, 0.5) is 0 Å². The van der Waals surface area contributed by atoms with Crippen LogP contribution in [0.5, 0.6) is 0 Å². The van der Waals surface area contributed by atoms with Crippen LogP contribution in [0.3, 0.4) is 0 Å². The number of benzene rings is 2. The zero-order valence-corrected chi connectivity index (χ0v) is 14.7. The Kier molecular flexibility index (Phi) is 3.05. The van der Waals surface area contributed by atoms with E-state index in [4.69, 9.17) is 4.74 Å². The Hall–Kier alpha value is -2.35. The van der Waals surface area contributed by atoms with Gasteiger partial charge in [0, 0.05) is 28.7 Å². The van der Waals surface area contributed by atoms with E-state index < -0.39 is 0 Å². The molecule has 24 heavy (non-hydrogen) atoms. The van der Waals surface area contributed by atoms with E-state index in [1.165, 1.54) is 5.56 Å². The van der Waals surface area contributed by atoms with Crippen molar-refractivity contribution in [3.63, 3.8) is 0 Å². The highest BCUT2D eigenvalue weighted by atomic mass is 16.5. The summed E-state index contributed by atoms with van der Waals surface area (Å²) in [7, 11) is 0. The summed E-state index contributed by atoms with van der Waals surface area (Å²) in [6.45, 7) is 12.7. The minimum atomic E-state index is 0.0375. The lowest BCUT2D eigenvalue weighted by atomic mass is 9.80. The predicted octanol–water partition coefficient (Wildman–Crippen LogP) is 5.25. The van der Waals surface area contributed by atoms with Gasteiger partial charge in [0.1, 0.15) is 11.9 Å². The van der Waals surface area contributed by atoms with Crippen LogP contribution in [0.1, 0.15) is 50.8 Å². The van der Waals surface area contributed by atoms with Gasteiger partial charge in [0.15, 0.2) is 5.78 Å². The minimum Gasteiger partial charge on any atom is -0.489 e. The molecule has 4 rings (SSSR count). The molecule has 0 aromatic heterocycles. The molecule has 2 aromatic carbocycles. The van der Waals surface area contributed by atoms with Gasteiger partial charge in [-0.2, -0.15) is 0 Å². The second-order valence-corrected chi connectivity index (χ2v) is 7.92. The number of allylic oxidation sites excluding steroid dienone is 1. The van der Waals surface area contributed by atoms with Crippen molar-refractivity contribution < 1.29 is 9.53 Å². The summed E-state index contributed by atoms with van der Waals surface area (Å²) in [5.41, 5.74) is 4.64. The Morgan fingerprint density at radius 3 is 2.58 bits per heavy atom. The molecule has 2 nitrogen and oxygen atoms in total. The van der Waals surface area contributed by atoms with Crippen LogP contribution < -0.4 is 0 Å². The third-order valence-electron chi connectivity index (χ3n) is 5.07. The summed E-state index contributed by atoms with van der Waals surface area (Å²) in [5.74, 6) is 0.800. The largest absolute Gasteiger partial charge is 0.489 e. The first-order chi connectivity index (χ1) is 11.3. The van der Waals surface area contributed by atoms with Gasteiger partial charge in [-0.15, -0.1) is 0 Å². The highest BCUT2D eigenvalue weighted by Gasteiger charge is 2.36. The van der Waals surface area contributed by atoms with E-state index in [1.54, 1.807) is 0 Å². The molecule has 0 spiro atoms. The van der Waals surface area contributed by atoms with Crippen molar-refractivity contribution in [2.45, 2.75) is 45.6 Å². The van der Waals surface area contributed by atoms with Crippen LogP contribution in [0, 0.1) is 0 Å². The molecule has 0 saturated heterocycles. The monoisotopic (exact) mass is 318 g/mol. The smallest absolute Gasteiger partial charge is 0.192 e. The van der Waals surface area contributed by atoms with Crippen molar-refractivity contribution in [3.8, 4) is 0 Å². The number of rotatable bonds is 0. The standard InChI is InChI=1S/C22H22O2/c1-12-10-18-20(23)13(2)19-16(21(18)24-12)9-7-14-6-8-15(11-17(14)19)22(3,4)5/h6-9,11-12H,2,10H2,1,3-5H3. The molecule has 1 heterocycles. The molecule has 2 aromatic rings. The zero-order chi connectivity index (χ0) is 17.2. The van der Waals surface area contributed by atoms with Gasteiger partial charge >= 0.3 is 0 Å². The molecule has 0 fully saturated rings. The number of ketones is 1. The first-order valence-electron chi connectivity index (χ1n) is 8.49. The average Bonchev–Trinajstić information content (AvgIpc) is 2.92. The van der Waals surface area contributed by atoms with Crippen LogP contribution in [0.15, 0.2) is 42.5 Å². The molecular formula is C22H22O2. The molecule has 0 N–H and O–H groups in total. The molecular weight excluding hydrogens is 296 g/mol. The highest BCUT2D eigenvalue weighted by molar-refractivity contribution is 6.35. The number of hydrogen-bond acceptors (Lipinski definition) is 2. The molecule has 0 saturated carbocycles. The summed E-state index contributed by atoms with van der Waals surface area (Å²) in [6.07, 6.45) is 0.724. The number of Topliss-reactive ketones (excluding diaryl/α,β-unsaturated/α-hetero) is 1. The van der Waals surface area contributed by atoms with Crippen LogP contribution in [0.2, 0.25) is 0 Å². The van der Waals surface area contributed by atoms with E-state index in [-0.39, 0.29) is 17.3 Å². The minimum absolute atomic E-state index is 0.0375. The van der Waals surface area contributed by atoms with Crippen molar-refractivity contribution >= 4 is 27.9 Å². The number of hydrogen-bond donors (Lipinski definition) is 0. The summed E-state index contributed by atoms with van der Waals surface area (Å²) in [6, 6.07) is 10.7. The Bertz CT molecular complexity index is 938. The lowest BCUT2D eigenvalue weighted by molar-refractivity contribution is -0.110. The summed E-state index contributed by atoms with van der Waals surface area (Å²) in [5, 5.41) is 2.22. The Morgan fingerprint density at radius 2 is 1.88 bits per heavy atom. The predicted molar refractivity (Wildman–Crippen MR) is 98.8 cm³/mol. The zero-order valence-electron chi connectivity index (χ0n) is 14.7. The maximum Gasteiger partial charge on any atom is 0.192 e. The fourth-order valence-electron chi connectivity index (χ4n) is 3.71. The third-order valence-corrected chi connectivity index (χ3v) is 5.07. The van der Waals surface area contributed by atoms with Gasteiger partial charge in [-0.05, 0) is 40.8 Å². The van der Waals surface area contributed by atoms with Crippen molar-refractivity contribution in [1.82, 2.24) is 0 Å². The number of fused-ring (bicyclic) bond motifs is 4. The van der Waals surface area contributed by atoms with Crippen LogP contribution in [-0.4, -0.2) is 11.9 Å². The van der Waals surface area contributed by atoms with E-state index >= 15 is 0 Å². The summed E-state index contributed by atoms with van der Waals surface area (Å²) < 4.78 is 5.97. The molecule has 1 aliphatic carbocycles. The van der Waals surface area contributed by atoms with E-state index in [9.17, 15) is 4.79 Å². The second kappa shape index (κ2) is 4.83. The first kappa shape index (κ1) is 15.2. The van der Waals surface area contributed by atoms with E-state index in [0.29, 0.717) is 12.0 Å². The van der Waals surface area contributed by atoms with E-state index in [0.717, 1.165) is 33.2 Å². The number of carbonyl (C=O) groups excluding carboxylic acids is 1. The van der Waals surface area contributed by atoms with Crippen molar-refractivity contribution in [2.75, 3.05) is 0 Å². The molecule has 1 aliphatic heterocycles. The Labute approximate surface area is 142 Å². The van der Waals surface area contributed by atoms with Gasteiger partial charge in [-0.1, -0.05) is 45.5 Å². The van der Waals surface area contributed by atoms with Gasteiger partial charge in [0.2, 0.25) is 0 Å². The SMILES string of the molecule is C=C1C(=O)C2=C(OC(C)C2)c2ccc3ccc(C(C)(C)C)cc3c21. The summed E-state index contributed by atoms with van der Waals surface area (Å²) in [4.78, 5) is 12.8. The highest BCUT2D eigenvalue weighted by Crippen LogP contribution is 2.45. The molecule has 1 unspecified atom stereocenters. The number of ether oxygens (including phenoxy) is 1. The average molecular weight is 318 g/mol. The molecule has 0 bridgehead atoms. The van der Waals surface area contributed by atoms with Gasteiger partial charge in [-0.3, -0.25) is 4.79 Å². The van der Waals surface area contributed by atoms with E-state index in [2.05, 4.69) is 57.7 Å². The topological polar surface area (TPSA) is 26.3 Å². The molecule has 2 aliphatic rings.